The first-order valence-corrected chi connectivity index (χ1v) is 5.90. The minimum atomic E-state index is -0.639. The fraction of sp³-hybridized carbons (Fsp3) is 0.545. The summed E-state index contributed by atoms with van der Waals surface area (Å²) in [6, 6.07) is 0. The second-order valence-corrected chi connectivity index (χ2v) is 3.92. The fourth-order valence-corrected chi connectivity index (χ4v) is 1.45. The number of carbonyl (C=O) groups excluding carboxylic acids is 2. The van der Waals surface area contributed by atoms with Crippen LogP contribution in [-0.4, -0.2) is 41.6 Å². The van der Waals surface area contributed by atoms with Crippen LogP contribution in [0.3, 0.4) is 0 Å². The van der Waals surface area contributed by atoms with Crippen molar-refractivity contribution >= 4 is 11.8 Å². The zero-order valence-corrected chi connectivity index (χ0v) is 10.5. The number of hydrogen-bond acceptors (Lipinski definition) is 4. The van der Waals surface area contributed by atoms with Crippen molar-refractivity contribution in [1.82, 2.24) is 20.8 Å². The Labute approximate surface area is 106 Å². The van der Waals surface area contributed by atoms with Crippen LogP contribution in [0.4, 0.5) is 0 Å². The molecule has 0 bridgehead atoms. The van der Waals surface area contributed by atoms with Crippen molar-refractivity contribution in [3.05, 3.63) is 17.5 Å². The zero-order valence-electron chi connectivity index (χ0n) is 10.5. The molecule has 0 unspecified atom stereocenters. The Kier molecular flexibility index (Phi) is 5.86. The van der Waals surface area contributed by atoms with Gasteiger partial charge in [0.2, 0.25) is 0 Å². The number of aromatic amines is 1. The molecule has 7 heteroatoms. The highest BCUT2D eigenvalue weighted by Crippen LogP contribution is 2.04. The molecule has 18 heavy (non-hydrogen) atoms. The summed E-state index contributed by atoms with van der Waals surface area (Å²) in [4.78, 5) is 22.5. The molecule has 0 saturated heterocycles. The van der Waals surface area contributed by atoms with Gasteiger partial charge in [0.1, 0.15) is 0 Å². The molecule has 5 N–H and O–H groups in total. The van der Waals surface area contributed by atoms with E-state index in [2.05, 4.69) is 20.8 Å². The summed E-state index contributed by atoms with van der Waals surface area (Å²) in [5.41, 5.74) is 7.36. The number of nitrogens with two attached hydrogens (primary N) is 1. The maximum Gasteiger partial charge on any atom is 0.309 e. The molecule has 0 aromatic carbocycles. The van der Waals surface area contributed by atoms with E-state index in [4.69, 9.17) is 5.73 Å². The molecule has 0 radical (unpaired) electrons. The zero-order chi connectivity index (χ0) is 13.4. The molecule has 1 aromatic heterocycles. The van der Waals surface area contributed by atoms with Crippen LogP contribution >= 0.6 is 0 Å². The van der Waals surface area contributed by atoms with Crippen molar-refractivity contribution in [2.24, 2.45) is 5.73 Å². The van der Waals surface area contributed by atoms with E-state index >= 15 is 0 Å². The van der Waals surface area contributed by atoms with E-state index in [-0.39, 0.29) is 0 Å². The van der Waals surface area contributed by atoms with Crippen LogP contribution in [0.5, 0.6) is 0 Å². The third-order valence-electron chi connectivity index (χ3n) is 2.48. The monoisotopic (exact) mass is 253 g/mol. The summed E-state index contributed by atoms with van der Waals surface area (Å²) in [5, 5.41) is 11.7. The summed E-state index contributed by atoms with van der Waals surface area (Å²) < 4.78 is 0. The molecule has 7 nitrogen and oxygen atoms in total. The van der Waals surface area contributed by atoms with E-state index < -0.39 is 11.8 Å². The number of nitrogens with zero attached hydrogens (tertiary/aromatic N) is 1. The average molecular weight is 253 g/mol. The lowest BCUT2D eigenvalue weighted by atomic mass is 10.1. The molecule has 0 fully saturated rings. The average Bonchev–Trinajstić information content (AvgIpc) is 2.77. The van der Waals surface area contributed by atoms with E-state index in [9.17, 15) is 9.59 Å². The second-order valence-electron chi connectivity index (χ2n) is 3.92. The smallest absolute Gasteiger partial charge is 0.309 e. The number of rotatable bonds is 6. The van der Waals surface area contributed by atoms with Crippen molar-refractivity contribution < 1.29 is 9.59 Å². The Morgan fingerprint density at radius 3 is 2.56 bits per heavy atom. The third-order valence-corrected chi connectivity index (χ3v) is 2.48. The van der Waals surface area contributed by atoms with Crippen LogP contribution in [0.15, 0.2) is 6.20 Å². The largest absolute Gasteiger partial charge is 0.348 e. The molecular formula is C11H19N5O2. The Bertz CT molecular complexity index is 402. The molecule has 0 atom stereocenters. The van der Waals surface area contributed by atoms with Gasteiger partial charge >= 0.3 is 11.8 Å². The van der Waals surface area contributed by atoms with Crippen LogP contribution in [0, 0.1) is 6.92 Å². The predicted octanol–water partition coefficient (Wildman–Crippen LogP) is -1.16. The van der Waals surface area contributed by atoms with Gasteiger partial charge in [0.25, 0.3) is 0 Å². The minimum Gasteiger partial charge on any atom is -0.348 e. The van der Waals surface area contributed by atoms with Gasteiger partial charge in [-0.15, -0.1) is 0 Å². The number of H-pyrrole nitrogens is 1. The Hall–Kier alpha value is -1.89. The lowest BCUT2D eigenvalue weighted by Gasteiger charge is -2.05. The summed E-state index contributed by atoms with van der Waals surface area (Å²) in [6.07, 6.45) is 3.34. The molecule has 2 amide bonds. The van der Waals surface area contributed by atoms with Crippen molar-refractivity contribution in [3.8, 4) is 0 Å². The molecule has 0 aliphatic rings. The molecule has 100 valence electrons. The Morgan fingerprint density at radius 2 is 2.00 bits per heavy atom. The summed E-state index contributed by atoms with van der Waals surface area (Å²) in [7, 11) is 0. The van der Waals surface area contributed by atoms with Crippen molar-refractivity contribution in [3.63, 3.8) is 0 Å². The van der Waals surface area contributed by atoms with Crippen LogP contribution < -0.4 is 16.4 Å². The van der Waals surface area contributed by atoms with Gasteiger partial charge in [-0.05, 0) is 25.3 Å². The first-order valence-electron chi connectivity index (χ1n) is 5.90. The number of hydrogen-bond donors (Lipinski definition) is 4. The highest BCUT2D eigenvalue weighted by molar-refractivity contribution is 6.35. The highest BCUT2D eigenvalue weighted by atomic mass is 16.2. The molecule has 1 rings (SSSR count). The number of aromatic nitrogens is 2. The highest BCUT2D eigenvalue weighted by Gasteiger charge is 2.11. The number of aryl methyl sites for hydroxylation is 2. The lowest BCUT2D eigenvalue weighted by molar-refractivity contribution is -0.139. The van der Waals surface area contributed by atoms with Crippen LogP contribution in [0.2, 0.25) is 0 Å². The van der Waals surface area contributed by atoms with Gasteiger partial charge in [0.15, 0.2) is 0 Å². The maximum absolute atomic E-state index is 11.3. The molecule has 0 saturated carbocycles. The maximum atomic E-state index is 11.3. The lowest BCUT2D eigenvalue weighted by Crippen LogP contribution is -2.42. The van der Waals surface area contributed by atoms with Crippen LogP contribution in [0.25, 0.3) is 0 Å². The number of nitrogens with one attached hydrogen (secondary N) is 3. The second kappa shape index (κ2) is 7.44. The van der Waals surface area contributed by atoms with Crippen LogP contribution in [0.1, 0.15) is 17.7 Å². The SMILES string of the molecule is Cc1[nH]ncc1CCCNC(=O)C(=O)NCCN. The van der Waals surface area contributed by atoms with E-state index in [1.807, 2.05) is 6.92 Å². The van der Waals surface area contributed by atoms with Crippen LogP contribution in [-0.2, 0) is 16.0 Å². The predicted molar refractivity (Wildman–Crippen MR) is 66.7 cm³/mol. The van der Waals surface area contributed by atoms with Gasteiger partial charge < -0.3 is 16.4 Å². The summed E-state index contributed by atoms with van der Waals surface area (Å²) in [6.45, 7) is 3.03. The number of carbonyl (C=O) groups is 2. The van der Waals surface area contributed by atoms with Gasteiger partial charge in [-0.2, -0.15) is 5.10 Å². The molecule has 0 aliphatic heterocycles. The quantitative estimate of drug-likeness (QED) is 0.378. The Balaban J connectivity index is 2.16. The summed E-state index contributed by atoms with van der Waals surface area (Å²) >= 11 is 0. The molecule has 1 heterocycles. The van der Waals surface area contributed by atoms with Crippen molar-refractivity contribution in [2.45, 2.75) is 19.8 Å². The third kappa shape index (κ3) is 4.54. The van der Waals surface area contributed by atoms with Gasteiger partial charge in [-0.3, -0.25) is 14.7 Å². The standard InChI is InChI=1S/C11H19N5O2/c1-8-9(7-15-16-8)3-2-5-13-10(17)11(18)14-6-4-12/h7H,2-6,12H2,1H3,(H,13,17)(H,14,18)(H,15,16). The topological polar surface area (TPSA) is 113 Å². The van der Waals surface area contributed by atoms with E-state index in [0.717, 1.165) is 24.1 Å². The van der Waals surface area contributed by atoms with E-state index in [1.165, 1.54) is 0 Å². The normalized spacial score (nSPS) is 10.1. The minimum absolute atomic E-state index is 0.306. The van der Waals surface area contributed by atoms with E-state index in [0.29, 0.717) is 19.6 Å². The van der Waals surface area contributed by atoms with Crippen molar-refractivity contribution in [1.29, 1.82) is 0 Å². The fourth-order valence-electron chi connectivity index (χ4n) is 1.45. The van der Waals surface area contributed by atoms with E-state index in [1.54, 1.807) is 6.20 Å². The van der Waals surface area contributed by atoms with Gasteiger partial charge in [0.05, 0.1) is 6.20 Å². The molecule has 1 aromatic rings. The van der Waals surface area contributed by atoms with Crippen molar-refractivity contribution in [2.75, 3.05) is 19.6 Å². The number of amides is 2. The first-order chi connectivity index (χ1) is 8.65. The first kappa shape index (κ1) is 14.2. The van der Waals surface area contributed by atoms with Gasteiger partial charge in [-0.1, -0.05) is 0 Å². The molecular weight excluding hydrogens is 234 g/mol. The summed E-state index contributed by atoms with van der Waals surface area (Å²) in [5.74, 6) is -1.26. The molecule has 0 spiro atoms. The van der Waals surface area contributed by atoms with Gasteiger partial charge in [0, 0.05) is 25.3 Å². The Morgan fingerprint density at radius 1 is 1.33 bits per heavy atom. The molecule has 0 aliphatic carbocycles. The van der Waals surface area contributed by atoms with Gasteiger partial charge in [-0.25, -0.2) is 0 Å².